The van der Waals surface area contributed by atoms with E-state index in [4.69, 9.17) is 0 Å². The molecule has 0 N–H and O–H groups in total. The molecule has 2 aromatic carbocycles. The number of hydrogen-bond donors (Lipinski definition) is 0. The number of hydrogen-bond acceptors (Lipinski definition) is 2. The summed E-state index contributed by atoms with van der Waals surface area (Å²) in [5, 5.41) is 0. The normalized spacial score (nSPS) is 17.9. The minimum absolute atomic E-state index is 0. The van der Waals surface area contributed by atoms with Crippen molar-refractivity contribution < 1.29 is 4.79 Å². The average molecular weight is 385 g/mol. The van der Waals surface area contributed by atoms with E-state index in [-0.39, 0.29) is 18.3 Å². The topological polar surface area (TPSA) is 23.6 Å². The van der Waals surface area contributed by atoms with Gasteiger partial charge in [0.2, 0.25) is 5.91 Å². The van der Waals surface area contributed by atoms with Gasteiger partial charge in [0.15, 0.2) is 0 Å². The highest BCUT2D eigenvalue weighted by Crippen LogP contribution is 2.35. The van der Waals surface area contributed by atoms with Crippen LogP contribution in [-0.2, 0) is 11.2 Å². The zero-order valence-corrected chi connectivity index (χ0v) is 16.6. The number of rotatable bonds is 6. The van der Waals surface area contributed by atoms with Gasteiger partial charge in [-0.15, -0.1) is 12.4 Å². The van der Waals surface area contributed by atoms with E-state index < -0.39 is 0 Å². The van der Waals surface area contributed by atoms with E-state index in [0.29, 0.717) is 11.9 Å². The quantitative estimate of drug-likeness (QED) is 0.728. The Morgan fingerprint density at radius 2 is 1.48 bits per heavy atom. The van der Waals surface area contributed by atoms with Gasteiger partial charge in [-0.05, 0) is 49.8 Å². The number of anilines is 1. The Morgan fingerprint density at radius 1 is 0.889 bits per heavy atom. The molecule has 0 spiro atoms. The first kappa shape index (κ1) is 19.9. The summed E-state index contributed by atoms with van der Waals surface area (Å²) in [6, 6.07) is 21.3. The molecular formula is C23H29ClN2O. The van der Waals surface area contributed by atoms with Gasteiger partial charge in [0.05, 0.1) is 0 Å². The van der Waals surface area contributed by atoms with Crippen LogP contribution in [0, 0.1) is 5.92 Å². The van der Waals surface area contributed by atoms with Crippen LogP contribution in [0.2, 0.25) is 0 Å². The molecule has 0 unspecified atom stereocenters. The van der Waals surface area contributed by atoms with Crippen molar-refractivity contribution in [1.82, 2.24) is 4.90 Å². The summed E-state index contributed by atoms with van der Waals surface area (Å²) in [7, 11) is 0. The highest BCUT2D eigenvalue weighted by molar-refractivity contribution is 5.97. The summed E-state index contributed by atoms with van der Waals surface area (Å²) >= 11 is 0. The van der Waals surface area contributed by atoms with Crippen molar-refractivity contribution in [3.8, 4) is 0 Å². The highest BCUT2D eigenvalue weighted by Gasteiger charge is 2.37. The third kappa shape index (κ3) is 5.12. The fraction of sp³-hybridized carbons (Fsp3) is 0.435. The summed E-state index contributed by atoms with van der Waals surface area (Å²) in [5.74, 6) is 0.616. The molecule has 2 aromatic rings. The lowest BCUT2D eigenvalue weighted by Gasteiger charge is -2.38. The van der Waals surface area contributed by atoms with Crippen LogP contribution in [0.4, 0.5) is 5.69 Å². The number of carbonyl (C=O) groups is 1. The van der Waals surface area contributed by atoms with Gasteiger partial charge in [-0.2, -0.15) is 0 Å². The van der Waals surface area contributed by atoms with Crippen molar-refractivity contribution in [1.29, 1.82) is 0 Å². The molecule has 2 fully saturated rings. The fourth-order valence-electron chi connectivity index (χ4n) is 3.97. The number of nitrogens with zero attached hydrogens (tertiary/aromatic N) is 2. The van der Waals surface area contributed by atoms with Crippen LogP contribution in [-0.4, -0.2) is 36.5 Å². The van der Waals surface area contributed by atoms with Crippen LogP contribution in [0.5, 0.6) is 0 Å². The van der Waals surface area contributed by atoms with Crippen molar-refractivity contribution in [2.45, 2.75) is 38.1 Å². The van der Waals surface area contributed by atoms with Gasteiger partial charge in [0.1, 0.15) is 0 Å². The number of likely N-dealkylation sites (tertiary alicyclic amines) is 1. The molecule has 1 saturated heterocycles. The summed E-state index contributed by atoms with van der Waals surface area (Å²) in [4.78, 5) is 17.6. The predicted octanol–water partition coefficient (Wildman–Crippen LogP) is 4.56. The first-order chi connectivity index (χ1) is 12.8. The molecule has 1 amide bonds. The fourth-order valence-corrected chi connectivity index (χ4v) is 3.97. The number of amides is 1. The van der Waals surface area contributed by atoms with Crippen LogP contribution in [0.1, 0.15) is 31.2 Å². The number of piperidine rings is 1. The van der Waals surface area contributed by atoms with Gasteiger partial charge in [-0.3, -0.25) is 4.79 Å². The Labute approximate surface area is 168 Å². The number of benzene rings is 2. The van der Waals surface area contributed by atoms with Crippen molar-refractivity contribution in [2.24, 2.45) is 5.92 Å². The summed E-state index contributed by atoms with van der Waals surface area (Å²) in [6.45, 7) is 3.27. The lowest BCUT2D eigenvalue weighted by atomic mass is 10.0. The predicted molar refractivity (Wildman–Crippen MR) is 114 cm³/mol. The zero-order valence-electron chi connectivity index (χ0n) is 15.8. The maximum Gasteiger partial charge on any atom is 0.230 e. The number of para-hydroxylation sites is 1. The zero-order chi connectivity index (χ0) is 17.8. The highest BCUT2D eigenvalue weighted by atomic mass is 35.5. The molecule has 1 aliphatic heterocycles. The largest absolute Gasteiger partial charge is 0.309 e. The Hall–Kier alpha value is -1.84. The van der Waals surface area contributed by atoms with Crippen LogP contribution in [0.15, 0.2) is 60.7 Å². The Morgan fingerprint density at radius 3 is 2.07 bits per heavy atom. The molecule has 0 atom stereocenters. The maximum absolute atomic E-state index is 12.9. The second kappa shape index (κ2) is 9.38. The van der Waals surface area contributed by atoms with E-state index in [1.165, 1.54) is 5.56 Å². The molecular weight excluding hydrogens is 356 g/mol. The Balaban J connectivity index is 0.00000210. The van der Waals surface area contributed by atoms with Gasteiger partial charge in [-0.25, -0.2) is 0 Å². The lowest BCUT2D eigenvalue weighted by molar-refractivity contribution is -0.120. The molecule has 0 radical (unpaired) electrons. The molecule has 0 bridgehead atoms. The van der Waals surface area contributed by atoms with Gasteiger partial charge in [0, 0.05) is 37.3 Å². The molecule has 1 heterocycles. The SMILES string of the molecule is Cl.O=C(C1CC1)N(c1ccccc1)C1CCN(CCc2ccccc2)CC1. The second-order valence-corrected chi connectivity index (χ2v) is 7.63. The third-order valence-electron chi connectivity index (χ3n) is 5.68. The molecule has 27 heavy (non-hydrogen) atoms. The molecule has 144 valence electrons. The summed E-state index contributed by atoms with van der Waals surface area (Å²) in [5.41, 5.74) is 2.48. The number of halogens is 1. The monoisotopic (exact) mass is 384 g/mol. The molecule has 4 heteroatoms. The first-order valence-corrected chi connectivity index (χ1v) is 9.95. The third-order valence-corrected chi connectivity index (χ3v) is 5.68. The maximum atomic E-state index is 12.9. The molecule has 1 saturated carbocycles. The van der Waals surface area contributed by atoms with Gasteiger partial charge < -0.3 is 9.80 Å². The molecule has 2 aliphatic rings. The number of carbonyl (C=O) groups excluding carboxylic acids is 1. The molecule has 4 rings (SSSR count). The minimum Gasteiger partial charge on any atom is -0.309 e. The van der Waals surface area contributed by atoms with E-state index >= 15 is 0 Å². The van der Waals surface area contributed by atoms with Crippen molar-refractivity contribution in [2.75, 3.05) is 24.5 Å². The smallest absolute Gasteiger partial charge is 0.230 e. The van der Waals surface area contributed by atoms with E-state index in [0.717, 1.165) is 57.4 Å². The van der Waals surface area contributed by atoms with Crippen molar-refractivity contribution >= 4 is 24.0 Å². The van der Waals surface area contributed by atoms with Gasteiger partial charge in [0.25, 0.3) is 0 Å². The summed E-state index contributed by atoms with van der Waals surface area (Å²) < 4.78 is 0. The van der Waals surface area contributed by atoms with Crippen LogP contribution < -0.4 is 4.90 Å². The standard InChI is InChI=1S/C23H28N2O.ClH/c26-23(20-11-12-20)25(21-9-5-2-6-10-21)22-14-17-24(18-15-22)16-13-19-7-3-1-4-8-19;/h1-10,20,22H,11-18H2;1H. The lowest BCUT2D eigenvalue weighted by Crippen LogP contribution is -2.48. The Kier molecular flexibility index (Phi) is 6.92. The van der Waals surface area contributed by atoms with Gasteiger partial charge in [-0.1, -0.05) is 48.5 Å². The van der Waals surface area contributed by atoms with Gasteiger partial charge >= 0.3 is 0 Å². The molecule has 3 nitrogen and oxygen atoms in total. The van der Waals surface area contributed by atoms with E-state index in [2.05, 4.69) is 52.3 Å². The second-order valence-electron chi connectivity index (χ2n) is 7.63. The molecule has 0 aromatic heterocycles. The minimum atomic E-state index is 0. The van der Waals surface area contributed by atoms with E-state index in [1.54, 1.807) is 0 Å². The van der Waals surface area contributed by atoms with E-state index in [1.807, 2.05) is 18.2 Å². The van der Waals surface area contributed by atoms with E-state index in [9.17, 15) is 4.79 Å². The summed E-state index contributed by atoms with van der Waals surface area (Å²) in [6.07, 6.45) is 5.38. The average Bonchev–Trinajstić information content (AvgIpc) is 3.55. The Bertz CT molecular complexity index is 710. The van der Waals surface area contributed by atoms with Crippen LogP contribution >= 0.6 is 12.4 Å². The van der Waals surface area contributed by atoms with Crippen LogP contribution in [0.25, 0.3) is 0 Å². The van der Waals surface area contributed by atoms with Crippen molar-refractivity contribution in [3.05, 3.63) is 66.2 Å². The molecule has 1 aliphatic carbocycles. The first-order valence-electron chi connectivity index (χ1n) is 9.95. The van der Waals surface area contributed by atoms with Crippen LogP contribution in [0.3, 0.4) is 0 Å². The van der Waals surface area contributed by atoms with Crippen molar-refractivity contribution in [3.63, 3.8) is 0 Å².